The second-order valence-electron chi connectivity index (χ2n) is 6.30. The Kier molecular flexibility index (Phi) is 6.09. The quantitative estimate of drug-likeness (QED) is 0.601. The van der Waals surface area contributed by atoms with Crippen LogP contribution in [0.4, 0.5) is 5.69 Å². The number of hydrogen-bond acceptors (Lipinski definition) is 5. The average molecular weight is 392 g/mol. The highest BCUT2D eigenvalue weighted by atomic mass is 16.6. The van der Waals surface area contributed by atoms with E-state index in [1.165, 1.54) is 19.1 Å². The topological polar surface area (TPSA) is 108 Å². The average Bonchev–Trinajstić information content (AvgIpc) is 2.72. The lowest BCUT2D eigenvalue weighted by Gasteiger charge is -2.15. The lowest BCUT2D eigenvalue weighted by molar-refractivity contribution is -0.155. The third-order valence-electron chi connectivity index (χ3n) is 4.22. The van der Waals surface area contributed by atoms with E-state index in [4.69, 9.17) is 15.2 Å². The maximum atomic E-state index is 12.4. The van der Waals surface area contributed by atoms with E-state index >= 15 is 0 Å². The van der Waals surface area contributed by atoms with E-state index < -0.39 is 30.5 Å². The third kappa shape index (κ3) is 4.90. The summed E-state index contributed by atoms with van der Waals surface area (Å²) in [7, 11) is 0. The molecule has 3 aromatic rings. The first-order valence-corrected chi connectivity index (χ1v) is 8.95. The largest absolute Gasteiger partial charge is 0.481 e. The van der Waals surface area contributed by atoms with Crippen molar-refractivity contribution in [2.24, 2.45) is 5.73 Å². The second kappa shape index (κ2) is 8.88. The van der Waals surface area contributed by atoms with Crippen molar-refractivity contribution in [3.8, 4) is 5.75 Å². The number of anilines is 1. The van der Waals surface area contributed by atoms with E-state index in [9.17, 15) is 14.4 Å². The minimum absolute atomic E-state index is 0.155. The van der Waals surface area contributed by atoms with E-state index in [1.807, 2.05) is 36.4 Å². The van der Waals surface area contributed by atoms with Gasteiger partial charge in [0, 0.05) is 11.1 Å². The number of carbonyl (C=O) groups excluding carboxylic acids is 3. The Hall–Kier alpha value is -3.87. The lowest BCUT2D eigenvalue weighted by Crippen LogP contribution is -2.31. The normalized spacial score (nSPS) is 11.5. The summed E-state index contributed by atoms with van der Waals surface area (Å²) in [4.78, 5) is 35.8. The smallest absolute Gasteiger partial charge is 0.344 e. The summed E-state index contributed by atoms with van der Waals surface area (Å²) >= 11 is 0. The molecular formula is C22H20N2O5. The van der Waals surface area contributed by atoms with Gasteiger partial charge in [-0.1, -0.05) is 48.5 Å². The molecule has 0 aliphatic rings. The fraction of sp³-hybridized carbons (Fsp3) is 0.136. The molecule has 0 heterocycles. The monoisotopic (exact) mass is 392 g/mol. The molecule has 0 saturated carbocycles. The number of rotatable bonds is 7. The van der Waals surface area contributed by atoms with Crippen molar-refractivity contribution < 1.29 is 23.9 Å². The zero-order valence-electron chi connectivity index (χ0n) is 15.8. The molecule has 0 aromatic heterocycles. The molecule has 2 amide bonds. The van der Waals surface area contributed by atoms with Crippen LogP contribution in [-0.2, 0) is 14.3 Å². The fourth-order valence-corrected chi connectivity index (χ4v) is 2.79. The van der Waals surface area contributed by atoms with Crippen molar-refractivity contribution in [2.45, 2.75) is 13.0 Å². The first-order chi connectivity index (χ1) is 14.0. The Labute approximate surface area is 167 Å². The van der Waals surface area contributed by atoms with Crippen LogP contribution < -0.4 is 15.8 Å². The molecule has 3 aromatic carbocycles. The molecule has 3 N–H and O–H groups in total. The van der Waals surface area contributed by atoms with E-state index in [-0.39, 0.29) is 11.3 Å². The van der Waals surface area contributed by atoms with Crippen LogP contribution in [0.2, 0.25) is 0 Å². The second-order valence-corrected chi connectivity index (χ2v) is 6.30. The molecule has 148 valence electrons. The van der Waals surface area contributed by atoms with Crippen LogP contribution in [0.15, 0.2) is 66.7 Å². The van der Waals surface area contributed by atoms with E-state index in [0.29, 0.717) is 5.69 Å². The van der Waals surface area contributed by atoms with Crippen LogP contribution in [0, 0.1) is 0 Å². The molecule has 0 aliphatic carbocycles. The van der Waals surface area contributed by atoms with E-state index in [0.717, 1.165) is 10.8 Å². The summed E-state index contributed by atoms with van der Waals surface area (Å²) in [6, 6.07) is 19.5. The van der Waals surface area contributed by atoms with Gasteiger partial charge in [-0.05, 0) is 30.5 Å². The van der Waals surface area contributed by atoms with Crippen molar-refractivity contribution in [3.05, 3.63) is 72.3 Å². The maximum Gasteiger partial charge on any atom is 0.344 e. The Morgan fingerprint density at radius 1 is 0.966 bits per heavy atom. The standard InChI is InChI=1S/C22H20N2O5/c1-14(22(27)24-18-11-6-8-15-7-2-3-9-16(15)18)29-20(25)13-28-19-12-5-4-10-17(19)21(23)26/h2-12,14H,13H2,1H3,(H2,23,26)(H,24,27)/t14-/m0/s1. The van der Waals surface area contributed by atoms with Gasteiger partial charge in [0.15, 0.2) is 12.7 Å². The molecule has 7 nitrogen and oxygen atoms in total. The van der Waals surface area contributed by atoms with Crippen molar-refractivity contribution in [2.75, 3.05) is 11.9 Å². The highest BCUT2D eigenvalue weighted by molar-refractivity contribution is 6.03. The number of nitrogens with two attached hydrogens (primary N) is 1. The van der Waals surface area contributed by atoms with Gasteiger partial charge in [0.1, 0.15) is 5.75 Å². The molecule has 0 aliphatic heterocycles. The summed E-state index contributed by atoms with van der Waals surface area (Å²) in [6.07, 6.45) is -1.03. The summed E-state index contributed by atoms with van der Waals surface area (Å²) in [5, 5.41) is 4.64. The van der Waals surface area contributed by atoms with Gasteiger partial charge in [0.05, 0.1) is 5.56 Å². The molecule has 0 bridgehead atoms. The molecule has 0 spiro atoms. The first kappa shape index (κ1) is 19.9. The summed E-state index contributed by atoms with van der Waals surface area (Å²) < 4.78 is 10.4. The van der Waals surface area contributed by atoms with Gasteiger partial charge >= 0.3 is 5.97 Å². The predicted molar refractivity (Wildman–Crippen MR) is 109 cm³/mol. The number of amides is 2. The highest BCUT2D eigenvalue weighted by Crippen LogP contribution is 2.23. The van der Waals surface area contributed by atoms with Gasteiger partial charge in [-0.2, -0.15) is 0 Å². The van der Waals surface area contributed by atoms with Gasteiger partial charge < -0.3 is 20.5 Å². The maximum absolute atomic E-state index is 12.4. The van der Waals surface area contributed by atoms with Gasteiger partial charge in [-0.25, -0.2) is 4.79 Å². The first-order valence-electron chi connectivity index (χ1n) is 8.95. The molecule has 29 heavy (non-hydrogen) atoms. The minimum Gasteiger partial charge on any atom is -0.481 e. The Morgan fingerprint density at radius 3 is 2.45 bits per heavy atom. The van der Waals surface area contributed by atoms with Crippen LogP contribution in [0.5, 0.6) is 5.75 Å². The van der Waals surface area contributed by atoms with Crippen LogP contribution in [0.25, 0.3) is 10.8 Å². The van der Waals surface area contributed by atoms with Crippen molar-refractivity contribution in [1.29, 1.82) is 0 Å². The molecular weight excluding hydrogens is 372 g/mol. The zero-order valence-corrected chi connectivity index (χ0v) is 15.8. The van der Waals surface area contributed by atoms with Crippen LogP contribution >= 0.6 is 0 Å². The number of primary amides is 1. The Bertz CT molecular complexity index is 1060. The molecule has 1 atom stereocenters. The number of para-hydroxylation sites is 1. The molecule has 0 fully saturated rings. The highest BCUT2D eigenvalue weighted by Gasteiger charge is 2.19. The summed E-state index contributed by atoms with van der Waals surface area (Å²) in [5.41, 5.74) is 6.05. The van der Waals surface area contributed by atoms with E-state index in [1.54, 1.807) is 18.2 Å². The Balaban J connectivity index is 1.58. The summed E-state index contributed by atoms with van der Waals surface area (Å²) in [6.45, 7) is 1.01. The van der Waals surface area contributed by atoms with Gasteiger partial charge in [0.2, 0.25) is 0 Å². The number of benzene rings is 3. The predicted octanol–water partition coefficient (Wildman–Crippen LogP) is 2.89. The lowest BCUT2D eigenvalue weighted by atomic mass is 10.1. The number of carbonyl (C=O) groups is 3. The van der Waals surface area contributed by atoms with Gasteiger partial charge in [-0.3, -0.25) is 9.59 Å². The van der Waals surface area contributed by atoms with Crippen LogP contribution in [0.3, 0.4) is 0 Å². The molecule has 3 rings (SSSR count). The van der Waals surface area contributed by atoms with Crippen LogP contribution in [-0.4, -0.2) is 30.5 Å². The van der Waals surface area contributed by atoms with Gasteiger partial charge in [0.25, 0.3) is 11.8 Å². The number of ether oxygens (including phenoxy) is 2. The zero-order chi connectivity index (χ0) is 20.8. The number of fused-ring (bicyclic) bond motifs is 1. The van der Waals surface area contributed by atoms with Crippen molar-refractivity contribution >= 4 is 34.2 Å². The number of hydrogen-bond donors (Lipinski definition) is 2. The number of nitrogens with one attached hydrogen (secondary N) is 1. The SMILES string of the molecule is C[C@H](OC(=O)COc1ccccc1C(N)=O)C(=O)Nc1cccc2ccccc12. The Morgan fingerprint density at radius 2 is 1.66 bits per heavy atom. The third-order valence-corrected chi connectivity index (χ3v) is 4.22. The number of esters is 1. The molecule has 0 radical (unpaired) electrons. The minimum atomic E-state index is -1.03. The fourth-order valence-electron chi connectivity index (χ4n) is 2.79. The van der Waals surface area contributed by atoms with Crippen LogP contribution in [0.1, 0.15) is 17.3 Å². The van der Waals surface area contributed by atoms with Crippen molar-refractivity contribution in [3.63, 3.8) is 0 Å². The van der Waals surface area contributed by atoms with Crippen molar-refractivity contribution in [1.82, 2.24) is 0 Å². The summed E-state index contributed by atoms with van der Waals surface area (Å²) in [5.74, 6) is -1.71. The van der Waals surface area contributed by atoms with E-state index in [2.05, 4.69) is 5.32 Å². The molecule has 0 saturated heterocycles. The molecule has 0 unspecified atom stereocenters. The molecule has 7 heteroatoms. The van der Waals surface area contributed by atoms with Gasteiger partial charge in [-0.15, -0.1) is 0 Å².